The minimum atomic E-state index is -0.0803. The third-order valence-corrected chi connectivity index (χ3v) is 8.55. The van der Waals surface area contributed by atoms with E-state index in [0.717, 1.165) is 33.4 Å². The Morgan fingerprint density at radius 3 is 0.469 bits per heavy atom. The zero-order chi connectivity index (χ0) is 38.2. The molecule has 0 aliphatic carbocycles. The first-order valence-corrected chi connectivity index (χ1v) is 17.6. The molecule has 0 saturated carbocycles. The topological polar surface area (TPSA) is 69.2 Å². The molecule has 0 spiro atoms. The second-order valence-corrected chi connectivity index (χ2v) is 20.1. The largest absolute Gasteiger partial charge is 3.00 e. The Hall–Kier alpha value is -1.75. The van der Waals surface area contributed by atoms with Gasteiger partial charge in [-0.1, -0.05) is 178 Å². The molecular weight excluding hydrogens is 727 g/mol. The van der Waals surface area contributed by atoms with Crippen LogP contribution in [0.4, 0.5) is 0 Å². The molecule has 49 heavy (non-hydrogen) atoms. The van der Waals surface area contributed by atoms with Gasteiger partial charge in [-0.25, -0.2) is 0 Å². The predicted octanol–water partition coefficient (Wildman–Crippen LogP) is 11.0. The van der Waals surface area contributed by atoms with Crippen molar-refractivity contribution in [1.29, 1.82) is 0 Å². The van der Waals surface area contributed by atoms with Crippen molar-refractivity contribution in [2.24, 2.45) is 0 Å². The van der Waals surface area contributed by atoms with Crippen molar-refractivity contribution < 1.29 is 50.9 Å². The van der Waals surface area contributed by atoms with Crippen LogP contribution in [0.25, 0.3) is 0 Å². The first kappa shape index (κ1) is 47.3. The first-order valence-electron chi connectivity index (χ1n) is 17.6. The van der Waals surface area contributed by atoms with E-state index in [1.165, 1.54) is 16.7 Å². The fraction of sp³-hybridized carbons (Fsp3) is 0.600. The van der Waals surface area contributed by atoms with Gasteiger partial charge in [-0.05, 0) is 86.6 Å². The fourth-order valence-corrected chi connectivity index (χ4v) is 5.66. The van der Waals surface area contributed by atoms with Crippen molar-refractivity contribution >= 4 is 0 Å². The molecule has 0 heterocycles. The van der Waals surface area contributed by atoms with Gasteiger partial charge < -0.3 is 15.3 Å². The maximum Gasteiger partial charge on any atom is 3.00 e. The normalized spacial score (nSPS) is 12.7. The van der Waals surface area contributed by atoms with Crippen molar-refractivity contribution in [3.05, 3.63) is 86.5 Å². The summed E-state index contributed by atoms with van der Waals surface area (Å²) in [6, 6.07) is 12.2. The Morgan fingerprint density at radius 1 is 0.286 bits per heavy atom. The van der Waals surface area contributed by atoms with Crippen LogP contribution < -0.4 is 15.3 Å². The molecule has 0 radical (unpaired) electrons. The molecule has 0 amide bonds. The molecule has 0 N–H and O–H groups in total. The van der Waals surface area contributed by atoms with Gasteiger partial charge in [0.2, 0.25) is 0 Å². The van der Waals surface area contributed by atoms with E-state index in [1.807, 2.05) is 36.4 Å². The van der Waals surface area contributed by atoms with Gasteiger partial charge in [-0.2, -0.15) is 0 Å². The average Bonchev–Trinajstić information content (AvgIpc) is 2.84. The zero-order valence-electron chi connectivity index (χ0n) is 35.3. The summed E-state index contributed by atoms with van der Waals surface area (Å²) in [6.07, 6.45) is 0. The van der Waals surface area contributed by atoms with Crippen LogP contribution in [0.3, 0.4) is 0 Å². The van der Waals surface area contributed by atoms with Gasteiger partial charge in [0, 0.05) is 0 Å². The van der Waals surface area contributed by atoms with Crippen molar-refractivity contribution in [3.63, 3.8) is 0 Å². The molecule has 0 aliphatic rings. The van der Waals surface area contributed by atoms with E-state index in [9.17, 15) is 15.3 Å². The van der Waals surface area contributed by atoms with E-state index in [-0.39, 0.29) is 85.3 Å². The third kappa shape index (κ3) is 13.4. The molecule has 0 aromatic heterocycles. The second kappa shape index (κ2) is 16.3. The summed E-state index contributed by atoms with van der Waals surface area (Å²) in [4.78, 5) is 0. The molecule has 270 valence electrons. The van der Waals surface area contributed by atoms with Crippen LogP contribution in [-0.4, -0.2) is 0 Å². The van der Waals surface area contributed by atoms with Gasteiger partial charge in [0.05, 0.1) is 0 Å². The van der Waals surface area contributed by atoms with Crippen LogP contribution in [0, 0.1) is 56.4 Å². The molecule has 0 fully saturated rings. The van der Waals surface area contributed by atoms with Crippen LogP contribution in [0.15, 0.2) is 36.4 Å². The van der Waals surface area contributed by atoms with Gasteiger partial charge in [0.15, 0.2) is 0 Å². The molecule has 0 unspecified atom stereocenters. The van der Waals surface area contributed by atoms with Crippen molar-refractivity contribution in [2.45, 2.75) is 178 Å². The number of hydrogen-bond acceptors (Lipinski definition) is 3. The van der Waals surface area contributed by atoms with Crippen LogP contribution in [0.1, 0.15) is 175 Å². The molecular formula is C45H69LaO3. The maximum absolute atomic E-state index is 12.4. The van der Waals surface area contributed by atoms with Crippen LogP contribution in [0.2, 0.25) is 0 Å². The second-order valence-electron chi connectivity index (χ2n) is 20.1. The Bertz CT molecular complexity index is 1260. The number of hydrogen-bond donors (Lipinski definition) is 0. The van der Waals surface area contributed by atoms with Crippen molar-refractivity contribution in [1.82, 2.24) is 0 Å². The molecule has 0 bridgehead atoms. The van der Waals surface area contributed by atoms with Crippen molar-refractivity contribution in [3.8, 4) is 17.2 Å². The monoisotopic (exact) mass is 796 g/mol. The first-order chi connectivity index (χ1) is 21.1. The molecule has 3 aromatic carbocycles. The summed E-state index contributed by atoms with van der Waals surface area (Å²) in [5.74, 6) is 0.641. The van der Waals surface area contributed by atoms with Gasteiger partial charge >= 0.3 is 35.6 Å². The van der Waals surface area contributed by atoms with E-state index in [1.54, 1.807) is 0 Å². The van der Waals surface area contributed by atoms with E-state index in [4.69, 9.17) is 0 Å². The smallest absolute Gasteiger partial charge is 0.872 e. The average molecular weight is 797 g/mol. The summed E-state index contributed by atoms with van der Waals surface area (Å²) >= 11 is 0. The summed E-state index contributed by atoms with van der Waals surface area (Å²) in [6.45, 7) is 43.8. The Kier molecular flexibility index (Phi) is 15.7. The maximum atomic E-state index is 12.4. The minimum Gasteiger partial charge on any atom is -0.872 e. The van der Waals surface area contributed by atoms with Gasteiger partial charge in [0.25, 0.3) is 0 Å². The van der Waals surface area contributed by atoms with E-state index in [0.29, 0.717) is 0 Å². The molecule has 0 saturated heterocycles. The number of benzene rings is 3. The van der Waals surface area contributed by atoms with Crippen molar-refractivity contribution in [2.75, 3.05) is 0 Å². The summed E-state index contributed by atoms with van der Waals surface area (Å²) in [7, 11) is 0. The summed E-state index contributed by atoms with van der Waals surface area (Å²) in [5.41, 5.74) is 8.61. The SMILES string of the molecule is Cc1cc(C(C)(C)C)c([O-])c(C(C)(C)C)c1.Cc1cc(C(C)(C)C)c([O-])c(C(C)(C)C)c1.Cc1cc(C(C)(C)C)c([O-])c(C(C)(C)C)c1.[La+3]. The molecule has 4 heteroatoms. The minimum absolute atomic E-state index is 0. The molecule has 3 aromatic rings. The van der Waals surface area contributed by atoms with Gasteiger partial charge in [0.1, 0.15) is 0 Å². The Morgan fingerprint density at radius 2 is 0.388 bits per heavy atom. The van der Waals surface area contributed by atoms with E-state index in [2.05, 4.69) is 145 Å². The van der Waals surface area contributed by atoms with Gasteiger partial charge in [-0.3, -0.25) is 0 Å². The summed E-state index contributed by atoms with van der Waals surface area (Å²) in [5, 5.41) is 37.2. The van der Waals surface area contributed by atoms with E-state index < -0.39 is 0 Å². The van der Waals surface area contributed by atoms with Crippen LogP contribution >= 0.6 is 0 Å². The predicted molar refractivity (Wildman–Crippen MR) is 204 cm³/mol. The molecule has 3 rings (SSSR count). The third-order valence-electron chi connectivity index (χ3n) is 8.55. The fourth-order valence-electron chi connectivity index (χ4n) is 5.66. The van der Waals surface area contributed by atoms with E-state index >= 15 is 0 Å². The van der Waals surface area contributed by atoms with Gasteiger partial charge in [-0.15, -0.1) is 17.2 Å². The van der Waals surface area contributed by atoms with Crippen LogP contribution in [0.5, 0.6) is 17.2 Å². The molecule has 0 aliphatic heterocycles. The molecule has 0 atom stereocenters. The number of rotatable bonds is 0. The zero-order valence-corrected chi connectivity index (χ0v) is 38.9. The molecule has 3 nitrogen and oxygen atoms in total. The standard InChI is InChI=1S/3C15H24O.La/c3*1-10-8-11(14(2,3)4)13(16)12(9-10)15(5,6)7;/h3*8-9,16H,1-7H3;/q;;;+3/p-3. The number of aryl methyl sites for hydroxylation is 3. The quantitative estimate of drug-likeness (QED) is 0.228. The summed E-state index contributed by atoms with van der Waals surface area (Å²) < 4.78 is 0. The Labute approximate surface area is 330 Å². The van der Waals surface area contributed by atoms with Crippen LogP contribution in [-0.2, 0) is 32.5 Å². The Balaban J connectivity index is 0.000000698.